The van der Waals surface area contributed by atoms with Crippen LogP contribution >= 0.6 is 22.7 Å². The average molecular weight is 294 g/mol. The van der Waals surface area contributed by atoms with Gasteiger partial charge in [0.15, 0.2) is 0 Å². The van der Waals surface area contributed by atoms with E-state index in [-0.39, 0.29) is 11.8 Å². The minimum atomic E-state index is -0.193. The van der Waals surface area contributed by atoms with Crippen LogP contribution in [0.4, 0.5) is 4.79 Å². The SMILES string of the molecule is CCNC(=O)NCc1ccc(C(=O)c2ccsc2)s1. The predicted molar refractivity (Wildman–Crippen MR) is 78.0 cm³/mol. The van der Waals surface area contributed by atoms with E-state index in [4.69, 9.17) is 0 Å². The molecule has 6 heteroatoms. The molecule has 2 aromatic rings. The first kappa shape index (κ1) is 13.8. The summed E-state index contributed by atoms with van der Waals surface area (Å²) in [6, 6.07) is 5.30. The molecular formula is C13H14N2O2S2. The van der Waals surface area contributed by atoms with E-state index in [1.54, 1.807) is 6.07 Å². The van der Waals surface area contributed by atoms with Crippen LogP contribution < -0.4 is 10.6 Å². The van der Waals surface area contributed by atoms with Crippen LogP contribution in [0.2, 0.25) is 0 Å². The number of ketones is 1. The van der Waals surface area contributed by atoms with Crippen LogP contribution in [0.15, 0.2) is 29.0 Å². The summed E-state index contributed by atoms with van der Waals surface area (Å²) in [7, 11) is 0. The predicted octanol–water partition coefficient (Wildman–Crippen LogP) is 2.86. The number of urea groups is 1. The van der Waals surface area contributed by atoms with Gasteiger partial charge in [0, 0.05) is 22.4 Å². The Labute approximate surface area is 119 Å². The van der Waals surface area contributed by atoms with Gasteiger partial charge in [0.05, 0.1) is 11.4 Å². The zero-order chi connectivity index (χ0) is 13.7. The van der Waals surface area contributed by atoms with Crippen molar-refractivity contribution in [1.82, 2.24) is 10.6 Å². The van der Waals surface area contributed by atoms with Gasteiger partial charge in [0.2, 0.25) is 5.78 Å². The number of hydrogen-bond donors (Lipinski definition) is 2. The third kappa shape index (κ3) is 3.65. The Hall–Kier alpha value is -1.66. The molecule has 0 fully saturated rings. The van der Waals surface area contributed by atoms with Gasteiger partial charge >= 0.3 is 6.03 Å². The maximum absolute atomic E-state index is 12.1. The molecule has 0 spiro atoms. The van der Waals surface area contributed by atoms with Crippen LogP contribution in [0.3, 0.4) is 0 Å². The summed E-state index contributed by atoms with van der Waals surface area (Å²) in [5, 5.41) is 9.12. The smallest absolute Gasteiger partial charge is 0.315 e. The van der Waals surface area contributed by atoms with Crippen LogP contribution in [0, 0.1) is 0 Å². The summed E-state index contributed by atoms with van der Waals surface area (Å²) in [5.74, 6) is 0.0375. The zero-order valence-corrected chi connectivity index (χ0v) is 12.1. The molecule has 2 amide bonds. The topological polar surface area (TPSA) is 58.2 Å². The van der Waals surface area contributed by atoms with Crippen molar-refractivity contribution in [3.05, 3.63) is 44.3 Å². The fourth-order valence-corrected chi connectivity index (χ4v) is 3.07. The molecule has 100 valence electrons. The Bertz CT molecular complexity index is 561. The van der Waals surface area contributed by atoms with Crippen molar-refractivity contribution in [1.29, 1.82) is 0 Å². The highest BCUT2D eigenvalue weighted by Crippen LogP contribution is 2.21. The third-order valence-electron chi connectivity index (χ3n) is 2.43. The first-order valence-corrected chi connectivity index (χ1v) is 7.64. The summed E-state index contributed by atoms with van der Waals surface area (Å²) in [5.41, 5.74) is 0.718. The van der Waals surface area contributed by atoms with Crippen molar-refractivity contribution >= 4 is 34.5 Å². The molecule has 2 aromatic heterocycles. The lowest BCUT2D eigenvalue weighted by Gasteiger charge is -2.03. The maximum Gasteiger partial charge on any atom is 0.315 e. The number of amides is 2. The minimum absolute atomic E-state index is 0.0375. The van der Waals surface area contributed by atoms with Gasteiger partial charge < -0.3 is 10.6 Å². The third-order valence-corrected chi connectivity index (χ3v) is 4.20. The van der Waals surface area contributed by atoms with Crippen LogP contribution in [0.5, 0.6) is 0 Å². The minimum Gasteiger partial charge on any atom is -0.338 e. The summed E-state index contributed by atoms with van der Waals surface area (Å²) < 4.78 is 0. The van der Waals surface area contributed by atoms with Crippen molar-refractivity contribution in [3.63, 3.8) is 0 Å². The molecule has 0 aliphatic heterocycles. The average Bonchev–Trinajstić information content (AvgIpc) is 3.07. The van der Waals surface area contributed by atoms with E-state index in [1.165, 1.54) is 22.7 Å². The second-order valence-corrected chi connectivity index (χ2v) is 5.77. The highest BCUT2D eigenvalue weighted by Gasteiger charge is 2.12. The number of thiophene rings is 2. The van der Waals surface area contributed by atoms with Gasteiger partial charge in [-0.3, -0.25) is 4.79 Å². The fourth-order valence-electron chi connectivity index (χ4n) is 1.52. The number of nitrogens with one attached hydrogen (secondary N) is 2. The highest BCUT2D eigenvalue weighted by molar-refractivity contribution is 7.14. The van der Waals surface area contributed by atoms with E-state index in [1.807, 2.05) is 29.8 Å². The molecule has 0 radical (unpaired) electrons. The fraction of sp³-hybridized carbons (Fsp3) is 0.231. The van der Waals surface area contributed by atoms with E-state index in [0.717, 1.165) is 10.4 Å². The molecule has 0 bridgehead atoms. The number of hydrogen-bond acceptors (Lipinski definition) is 4. The molecule has 0 atom stereocenters. The number of rotatable bonds is 5. The summed E-state index contributed by atoms with van der Waals surface area (Å²) in [4.78, 5) is 25.0. The lowest BCUT2D eigenvalue weighted by atomic mass is 10.2. The van der Waals surface area contributed by atoms with Crippen LogP contribution in [0.25, 0.3) is 0 Å². The van der Waals surface area contributed by atoms with Crippen molar-refractivity contribution in [2.45, 2.75) is 13.5 Å². The number of carbonyl (C=O) groups excluding carboxylic acids is 2. The summed E-state index contributed by atoms with van der Waals surface area (Å²) in [6.45, 7) is 2.90. The van der Waals surface area contributed by atoms with Crippen LogP contribution in [-0.2, 0) is 6.54 Å². The van der Waals surface area contributed by atoms with Gasteiger partial charge in [-0.2, -0.15) is 11.3 Å². The molecule has 4 nitrogen and oxygen atoms in total. The second-order valence-electron chi connectivity index (χ2n) is 3.82. The molecule has 2 N–H and O–H groups in total. The quantitative estimate of drug-likeness (QED) is 0.833. The Morgan fingerprint density at radius 1 is 1.21 bits per heavy atom. The monoisotopic (exact) mass is 294 g/mol. The standard InChI is InChI=1S/C13H14N2O2S2/c1-2-14-13(17)15-7-10-3-4-11(19-10)12(16)9-5-6-18-8-9/h3-6,8H,2,7H2,1H3,(H2,14,15,17). The van der Waals surface area contributed by atoms with Crippen LogP contribution in [-0.4, -0.2) is 18.4 Å². The lowest BCUT2D eigenvalue weighted by Crippen LogP contribution is -2.34. The van der Waals surface area contributed by atoms with E-state index in [9.17, 15) is 9.59 Å². The highest BCUT2D eigenvalue weighted by atomic mass is 32.1. The molecule has 0 aliphatic carbocycles. The first-order chi connectivity index (χ1) is 9.20. The normalized spacial score (nSPS) is 10.2. The molecule has 2 rings (SSSR count). The van der Waals surface area contributed by atoms with Gasteiger partial charge in [0.1, 0.15) is 0 Å². The lowest BCUT2D eigenvalue weighted by molar-refractivity contribution is 0.104. The summed E-state index contributed by atoms with van der Waals surface area (Å²) in [6.07, 6.45) is 0. The summed E-state index contributed by atoms with van der Waals surface area (Å²) >= 11 is 2.92. The molecule has 0 unspecified atom stereocenters. The van der Waals surface area contributed by atoms with Crippen molar-refractivity contribution in [3.8, 4) is 0 Å². The van der Waals surface area contributed by atoms with E-state index in [2.05, 4.69) is 10.6 Å². The largest absolute Gasteiger partial charge is 0.338 e. The van der Waals surface area contributed by atoms with Gasteiger partial charge in [-0.25, -0.2) is 4.79 Å². The molecule has 0 saturated carbocycles. The molecule has 0 aromatic carbocycles. The Balaban J connectivity index is 1.96. The van der Waals surface area contributed by atoms with Gasteiger partial charge in [0.25, 0.3) is 0 Å². The maximum atomic E-state index is 12.1. The Kier molecular flexibility index (Phi) is 4.70. The second kappa shape index (κ2) is 6.49. The van der Waals surface area contributed by atoms with E-state index >= 15 is 0 Å². The van der Waals surface area contributed by atoms with Crippen molar-refractivity contribution in [2.24, 2.45) is 0 Å². The molecule has 2 heterocycles. The number of carbonyl (C=O) groups is 2. The Morgan fingerprint density at radius 2 is 2.05 bits per heavy atom. The Morgan fingerprint density at radius 3 is 2.74 bits per heavy atom. The zero-order valence-electron chi connectivity index (χ0n) is 10.4. The van der Waals surface area contributed by atoms with E-state index < -0.39 is 0 Å². The molecule has 19 heavy (non-hydrogen) atoms. The molecule has 0 aliphatic rings. The van der Waals surface area contributed by atoms with Crippen molar-refractivity contribution < 1.29 is 9.59 Å². The van der Waals surface area contributed by atoms with Crippen molar-refractivity contribution in [2.75, 3.05) is 6.54 Å². The molecule has 0 saturated heterocycles. The first-order valence-electron chi connectivity index (χ1n) is 5.88. The van der Waals surface area contributed by atoms with Gasteiger partial charge in [-0.15, -0.1) is 11.3 Å². The van der Waals surface area contributed by atoms with Crippen LogP contribution in [0.1, 0.15) is 27.0 Å². The molecular weight excluding hydrogens is 280 g/mol. The van der Waals surface area contributed by atoms with E-state index in [0.29, 0.717) is 18.0 Å². The van der Waals surface area contributed by atoms with Gasteiger partial charge in [-0.1, -0.05) is 0 Å². The van der Waals surface area contributed by atoms with Gasteiger partial charge in [-0.05, 0) is 30.5 Å².